The number of aliphatic hydroxyl groups is 1. The molecule has 7 heteroatoms. The first kappa shape index (κ1) is 20.9. The van der Waals surface area contributed by atoms with Crippen molar-refractivity contribution in [1.82, 2.24) is 5.32 Å². The largest absolute Gasteiger partial charge is 0.458 e. The Hall–Kier alpha value is -2.15. The number of esters is 1. The molecule has 0 bridgehead atoms. The molecule has 0 aliphatic heterocycles. The van der Waals surface area contributed by atoms with Crippen LogP contribution in [-0.4, -0.2) is 34.4 Å². The second-order valence-corrected chi connectivity index (χ2v) is 7.65. The summed E-state index contributed by atoms with van der Waals surface area (Å²) in [6, 6.07) is 3.55. The minimum atomic E-state index is -1.43. The van der Waals surface area contributed by atoms with E-state index in [9.17, 15) is 19.1 Å². The normalized spacial score (nSPS) is 14.4. The first-order valence-electron chi connectivity index (χ1n) is 7.94. The molecule has 1 rings (SSSR count). The lowest BCUT2D eigenvalue weighted by molar-refractivity contribution is -0.160. The van der Waals surface area contributed by atoms with E-state index in [4.69, 9.17) is 9.47 Å². The van der Waals surface area contributed by atoms with E-state index in [0.29, 0.717) is 0 Å². The number of carbonyl (C=O) groups excluding carboxylic acids is 2. The molecule has 0 saturated carbocycles. The van der Waals surface area contributed by atoms with Gasteiger partial charge >= 0.3 is 12.1 Å². The summed E-state index contributed by atoms with van der Waals surface area (Å²) in [6.07, 6.45) is -2.30. The maximum absolute atomic E-state index is 13.1. The number of ether oxygens (including phenoxy) is 2. The van der Waals surface area contributed by atoms with Crippen molar-refractivity contribution >= 4 is 12.1 Å². The fourth-order valence-electron chi connectivity index (χ4n) is 1.92. The Morgan fingerprint density at radius 1 is 1.00 bits per heavy atom. The molecule has 0 spiro atoms. The van der Waals surface area contributed by atoms with Gasteiger partial charge in [-0.15, -0.1) is 0 Å². The van der Waals surface area contributed by atoms with Crippen LogP contribution in [0.2, 0.25) is 0 Å². The van der Waals surface area contributed by atoms with Gasteiger partial charge in [-0.3, -0.25) is 0 Å². The molecule has 0 heterocycles. The summed E-state index contributed by atoms with van der Waals surface area (Å²) >= 11 is 0. The number of aliphatic hydroxyl groups excluding tert-OH is 1. The molecule has 0 fully saturated rings. The molecule has 0 aliphatic rings. The predicted molar refractivity (Wildman–Crippen MR) is 90.4 cm³/mol. The van der Waals surface area contributed by atoms with Gasteiger partial charge in [0.15, 0.2) is 6.04 Å². The van der Waals surface area contributed by atoms with Crippen molar-refractivity contribution in [2.45, 2.75) is 64.9 Å². The van der Waals surface area contributed by atoms with Crippen molar-refractivity contribution in [3.05, 3.63) is 35.6 Å². The molecule has 25 heavy (non-hydrogen) atoms. The molecule has 1 amide bonds. The molecule has 1 aromatic rings. The zero-order valence-corrected chi connectivity index (χ0v) is 15.4. The Morgan fingerprint density at radius 3 is 1.92 bits per heavy atom. The molecule has 0 saturated heterocycles. The monoisotopic (exact) mass is 355 g/mol. The molecular formula is C18H26FNO5. The van der Waals surface area contributed by atoms with Crippen LogP contribution in [0.25, 0.3) is 0 Å². The zero-order chi connectivity index (χ0) is 19.4. The van der Waals surface area contributed by atoms with E-state index in [-0.39, 0.29) is 5.56 Å². The summed E-state index contributed by atoms with van der Waals surface area (Å²) < 4.78 is 23.4. The molecular weight excluding hydrogens is 329 g/mol. The Bertz CT molecular complexity index is 601. The Kier molecular flexibility index (Phi) is 6.54. The maximum Gasteiger partial charge on any atom is 0.408 e. The van der Waals surface area contributed by atoms with Gasteiger partial charge in [-0.25, -0.2) is 14.0 Å². The smallest absolute Gasteiger partial charge is 0.408 e. The van der Waals surface area contributed by atoms with Crippen LogP contribution in [0, 0.1) is 5.82 Å². The van der Waals surface area contributed by atoms with Gasteiger partial charge in [0, 0.05) is 0 Å². The quantitative estimate of drug-likeness (QED) is 0.811. The molecule has 0 aromatic heterocycles. The summed E-state index contributed by atoms with van der Waals surface area (Å²) in [6.45, 7) is 10.0. The topological polar surface area (TPSA) is 84.9 Å². The molecule has 0 unspecified atom stereocenters. The number of nitrogens with one attached hydrogen (secondary N) is 1. The Labute approximate surface area is 147 Å². The zero-order valence-electron chi connectivity index (χ0n) is 15.4. The molecule has 2 atom stereocenters. The molecule has 2 N–H and O–H groups in total. The minimum Gasteiger partial charge on any atom is -0.458 e. The number of amides is 1. The first-order chi connectivity index (χ1) is 11.3. The van der Waals surface area contributed by atoms with Crippen molar-refractivity contribution in [3.8, 4) is 0 Å². The van der Waals surface area contributed by atoms with Crippen LogP contribution < -0.4 is 5.32 Å². The van der Waals surface area contributed by atoms with Crippen LogP contribution in [0.5, 0.6) is 0 Å². The second kappa shape index (κ2) is 7.82. The van der Waals surface area contributed by atoms with Crippen molar-refractivity contribution in [2.24, 2.45) is 0 Å². The van der Waals surface area contributed by atoms with Gasteiger partial charge in [0.25, 0.3) is 0 Å². The van der Waals surface area contributed by atoms with Gasteiger partial charge in [0.2, 0.25) is 0 Å². The van der Waals surface area contributed by atoms with Gasteiger partial charge in [-0.1, -0.05) is 12.1 Å². The van der Waals surface area contributed by atoms with Gasteiger partial charge in [0.05, 0.1) is 0 Å². The third kappa shape index (κ3) is 7.51. The summed E-state index contributed by atoms with van der Waals surface area (Å²) in [5.41, 5.74) is -1.33. The predicted octanol–water partition coefficient (Wildman–Crippen LogP) is 3.09. The summed E-state index contributed by atoms with van der Waals surface area (Å²) in [7, 11) is 0. The molecule has 0 aliphatic carbocycles. The fourth-order valence-corrected chi connectivity index (χ4v) is 1.92. The van der Waals surface area contributed by atoms with Gasteiger partial charge in [-0.05, 0) is 59.2 Å². The number of carbonyl (C=O) groups is 2. The van der Waals surface area contributed by atoms with Crippen molar-refractivity contribution in [2.75, 3.05) is 0 Å². The minimum absolute atomic E-state index is 0.258. The molecule has 6 nitrogen and oxygen atoms in total. The van der Waals surface area contributed by atoms with E-state index in [1.807, 2.05) is 0 Å². The van der Waals surface area contributed by atoms with E-state index in [0.717, 1.165) is 12.1 Å². The lowest BCUT2D eigenvalue weighted by Gasteiger charge is -2.28. The average molecular weight is 355 g/mol. The number of hydrogen-bond donors (Lipinski definition) is 2. The van der Waals surface area contributed by atoms with Crippen LogP contribution in [-0.2, 0) is 14.3 Å². The highest BCUT2D eigenvalue weighted by molar-refractivity contribution is 5.82. The van der Waals surface area contributed by atoms with E-state index >= 15 is 0 Å². The summed E-state index contributed by atoms with van der Waals surface area (Å²) in [4.78, 5) is 24.4. The molecule has 0 radical (unpaired) electrons. The van der Waals surface area contributed by atoms with Crippen LogP contribution in [0.1, 0.15) is 53.2 Å². The lowest BCUT2D eigenvalue weighted by Crippen LogP contribution is -2.49. The van der Waals surface area contributed by atoms with E-state index in [1.54, 1.807) is 41.5 Å². The van der Waals surface area contributed by atoms with Crippen LogP contribution in [0.15, 0.2) is 24.3 Å². The van der Waals surface area contributed by atoms with E-state index in [2.05, 4.69) is 5.32 Å². The SMILES string of the molecule is CC(C)(C)OC(=O)N[C@H](C(=O)OC(C)(C)C)[C@H](O)c1ccc(F)cc1. The Morgan fingerprint density at radius 2 is 1.48 bits per heavy atom. The highest BCUT2D eigenvalue weighted by atomic mass is 19.1. The lowest BCUT2D eigenvalue weighted by atomic mass is 10.0. The van der Waals surface area contributed by atoms with Crippen molar-refractivity contribution in [3.63, 3.8) is 0 Å². The summed E-state index contributed by atoms with van der Waals surface area (Å²) in [5, 5.41) is 12.8. The van der Waals surface area contributed by atoms with E-state index < -0.39 is 41.2 Å². The number of rotatable bonds is 4. The number of halogens is 1. The van der Waals surface area contributed by atoms with Gasteiger partial charge < -0.3 is 19.9 Å². The third-order valence-electron chi connectivity index (χ3n) is 2.86. The van der Waals surface area contributed by atoms with Gasteiger partial charge in [-0.2, -0.15) is 0 Å². The number of hydrogen-bond acceptors (Lipinski definition) is 5. The highest BCUT2D eigenvalue weighted by Gasteiger charge is 2.34. The highest BCUT2D eigenvalue weighted by Crippen LogP contribution is 2.21. The molecule has 1 aromatic carbocycles. The fraction of sp³-hybridized carbons (Fsp3) is 0.556. The third-order valence-corrected chi connectivity index (χ3v) is 2.86. The van der Waals surface area contributed by atoms with Crippen LogP contribution >= 0.6 is 0 Å². The van der Waals surface area contributed by atoms with Crippen molar-refractivity contribution in [1.29, 1.82) is 0 Å². The number of alkyl carbamates (subject to hydrolysis) is 1. The second-order valence-electron chi connectivity index (χ2n) is 7.65. The average Bonchev–Trinajstić information content (AvgIpc) is 2.41. The summed E-state index contributed by atoms with van der Waals surface area (Å²) in [5.74, 6) is -1.31. The standard InChI is InChI=1S/C18H26FNO5/c1-17(2,3)24-15(22)13(20-16(23)25-18(4,5)6)14(21)11-7-9-12(19)10-8-11/h7-10,13-14,21H,1-6H3,(H,20,23)/t13-,14+/m0/s1. The van der Waals surface area contributed by atoms with E-state index in [1.165, 1.54) is 12.1 Å². The van der Waals surface area contributed by atoms with Gasteiger partial charge in [0.1, 0.15) is 23.1 Å². The maximum atomic E-state index is 13.1. The van der Waals surface area contributed by atoms with Crippen LogP contribution in [0.4, 0.5) is 9.18 Å². The van der Waals surface area contributed by atoms with Crippen LogP contribution in [0.3, 0.4) is 0 Å². The number of benzene rings is 1. The molecule has 140 valence electrons. The first-order valence-corrected chi connectivity index (χ1v) is 7.94. The Balaban J connectivity index is 3.03. The van der Waals surface area contributed by atoms with Crippen molar-refractivity contribution < 1.29 is 28.6 Å².